The highest BCUT2D eigenvalue weighted by Crippen LogP contribution is 2.46. The Kier molecular flexibility index (Phi) is 8.08. The number of nitrogens with zero attached hydrogens (tertiary/aromatic N) is 5. The molecule has 1 aliphatic rings. The summed E-state index contributed by atoms with van der Waals surface area (Å²) in [5, 5.41) is 6.67. The predicted molar refractivity (Wildman–Crippen MR) is 299 cm³/mol. The fourth-order valence-electron chi connectivity index (χ4n) is 10.5. The Balaban J connectivity index is 1.08. The second kappa shape index (κ2) is 16.3. The first kappa shape index (κ1) is 35.2. The summed E-state index contributed by atoms with van der Waals surface area (Å²) < 4.78 is 90.4. The lowest BCUT2D eigenvalue weighted by Crippen LogP contribution is -2.17. The largest absolute Gasteiger partial charge is 0.457 e. The van der Waals surface area contributed by atoms with Crippen LogP contribution in [0.25, 0.3) is 82.2 Å². The van der Waals surface area contributed by atoms with E-state index in [2.05, 4.69) is 120 Å². The minimum Gasteiger partial charge on any atom is -0.457 e. The molecule has 0 radical (unpaired) electrons. The molecule has 0 unspecified atom stereocenters. The van der Waals surface area contributed by atoms with Crippen LogP contribution in [-0.2, 0) is 22.9 Å². The van der Waals surface area contributed by atoms with Gasteiger partial charge in [-0.05, 0) is 104 Å². The number of aromatic nitrogens is 4. The van der Waals surface area contributed by atoms with Gasteiger partial charge in [0.15, 0.2) is 0 Å². The monoisotopic (exact) mass is 935 g/mol. The van der Waals surface area contributed by atoms with Crippen LogP contribution in [0.1, 0.15) is 91.1 Å². The highest BCUT2D eigenvalue weighted by atomic mass is 16.5. The molecule has 0 atom stereocenters. The minimum absolute atomic E-state index is 0.0806. The summed E-state index contributed by atoms with van der Waals surface area (Å²) in [5.74, 6) is 2.08. The number of pyridine rings is 2. The number of hydrogen-bond donors (Lipinski definition) is 0. The normalized spacial score (nSPS) is 15.5. The maximum absolute atomic E-state index is 8.79. The van der Waals surface area contributed by atoms with Gasteiger partial charge < -0.3 is 14.2 Å². The summed E-state index contributed by atoms with van der Waals surface area (Å²) in [6.07, 6.45) is 3.68. The molecule has 0 amide bonds. The van der Waals surface area contributed by atoms with Crippen molar-refractivity contribution in [3.63, 3.8) is 0 Å². The quantitative estimate of drug-likeness (QED) is 0.173. The van der Waals surface area contributed by atoms with Crippen molar-refractivity contribution >= 4 is 76.7 Å². The van der Waals surface area contributed by atoms with Crippen LogP contribution in [0.5, 0.6) is 11.5 Å². The van der Waals surface area contributed by atoms with Gasteiger partial charge in [-0.25, -0.2) is 4.98 Å². The van der Waals surface area contributed by atoms with Gasteiger partial charge in [0.1, 0.15) is 24.0 Å². The molecule has 0 saturated heterocycles. The molecule has 0 saturated carbocycles. The SMILES string of the molecule is [2H]C([2H])([2H])C(c1cc(-c2cccc3c4ccccc4c4cccnc4c4cccc5c4n(c23)CN5c2cccc(Oc3ccc4c5ccccc5n(-c5cc(C(C)(C)C)ccn5)c4c3)c2)cc(C(C)(C)C)c1)(C([2H])([2H])[2H])C([2H])([2H])[2H]. The van der Waals surface area contributed by atoms with Gasteiger partial charge in [-0.3, -0.25) is 9.55 Å². The lowest BCUT2D eigenvalue weighted by Gasteiger charge is -2.27. The molecule has 6 nitrogen and oxygen atoms in total. The third-order valence-electron chi connectivity index (χ3n) is 14.1. The Morgan fingerprint density at radius 1 is 0.479 bits per heavy atom. The van der Waals surface area contributed by atoms with E-state index in [4.69, 9.17) is 27.0 Å². The van der Waals surface area contributed by atoms with Gasteiger partial charge in [-0.15, -0.1) is 0 Å². The van der Waals surface area contributed by atoms with E-state index < -0.39 is 31.4 Å². The average Bonchev–Trinajstić information content (AvgIpc) is 3.97. The van der Waals surface area contributed by atoms with Gasteiger partial charge in [0.2, 0.25) is 0 Å². The summed E-state index contributed by atoms with van der Waals surface area (Å²) in [6.45, 7) is 2.31. The number of rotatable bonds is 5. The van der Waals surface area contributed by atoms with Crippen molar-refractivity contribution in [1.29, 1.82) is 0 Å². The summed E-state index contributed by atoms with van der Waals surface area (Å²) in [5.41, 5.74) is 4.70. The third-order valence-corrected chi connectivity index (χ3v) is 14.1. The lowest BCUT2D eigenvalue weighted by molar-refractivity contribution is 0.483. The Hall–Kier alpha value is -7.96. The summed E-state index contributed by atoms with van der Waals surface area (Å²) >= 11 is 0. The van der Waals surface area contributed by atoms with Gasteiger partial charge >= 0.3 is 0 Å². The highest BCUT2D eigenvalue weighted by Gasteiger charge is 2.28. The zero-order valence-electron chi connectivity index (χ0n) is 49.7. The van der Waals surface area contributed by atoms with Gasteiger partial charge in [0.25, 0.3) is 0 Å². The molecule has 0 bridgehead atoms. The van der Waals surface area contributed by atoms with Crippen LogP contribution in [-0.4, -0.2) is 19.1 Å². The topological polar surface area (TPSA) is 48.1 Å². The van der Waals surface area contributed by atoms with Crippen molar-refractivity contribution in [1.82, 2.24) is 19.1 Å². The number of benzene rings is 7. The van der Waals surface area contributed by atoms with Gasteiger partial charge in [-0.1, -0.05) is 165 Å². The summed E-state index contributed by atoms with van der Waals surface area (Å²) in [4.78, 5) is 12.2. The smallest absolute Gasteiger partial charge is 0.137 e. The first-order valence-corrected chi connectivity index (χ1v) is 24.2. The average molecular weight is 935 g/mol. The summed E-state index contributed by atoms with van der Waals surface area (Å²) in [7, 11) is 0. The molecule has 5 heterocycles. The molecule has 6 heteroatoms. The van der Waals surface area contributed by atoms with E-state index in [9.17, 15) is 0 Å². The van der Waals surface area contributed by atoms with Crippen LogP contribution in [0.4, 0.5) is 11.4 Å². The van der Waals surface area contributed by atoms with Gasteiger partial charge in [-0.2, -0.15) is 0 Å². The summed E-state index contributed by atoms with van der Waals surface area (Å²) in [6, 6.07) is 56.1. The Labute approximate surface area is 428 Å². The Morgan fingerprint density at radius 3 is 1.93 bits per heavy atom. The van der Waals surface area contributed by atoms with E-state index >= 15 is 0 Å². The standard InChI is InChI=1S/C65H59N5O/c1-63(2,3)42-31-33-66-59(37-42)70-56-27-13-12-22-51(56)52-30-29-47(39-58(52)70)71-46-19-14-18-45(38-46)68-40-69-61-48(41-34-43(64(4,5)6)36-44(35-41)65(7,8)9)23-15-24-54(61)50-21-11-10-20-49(50)53-26-17-32-67-60(53)55-25-16-28-57(68)62(55)69/h10-39H,40H2,1-9H3/i4D3,5D3,6D3. The predicted octanol–water partition coefficient (Wildman–Crippen LogP) is 17.6. The zero-order valence-corrected chi connectivity index (χ0v) is 40.7. The molecule has 0 fully saturated rings. The van der Waals surface area contributed by atoms with Crippen molar-refractivity contribution in [3.05, 3.63) is 199 Å². The van der Waals surface area contributed by atoms with Crippen LogP contribution < -0.4 is 9.64 Å². The first-order chi connectivity index (χ1) is 37.8. The van der Waals surface area contributed by atoms with Crippen molar-refractivity contribution in [2.45, 2.75) is 85.0 Å². The molecular formula is C65H59N5O. The zero-order chi connectivity index (χ0) is 56.5. The second-order valence-electron chi connectivity index (χ2n) is 20.9. The lowest BCUT2D eigenvalue weighted by atomic mass is 9.78. The number of hydrogen-bond acceptors (Lipinski definition) is 4. The van der Waals surface area contributed by atoms with Crippen molar-refractivity contribution in [3.8, 4) is 28.4 Å². The molecule has 1 aliphatic heterocycles. The van der Waals surface area contributed by atoms with E-state index in [1.165, 1.54) is 17.7 Å². The third kappa shape index (κ3) is 7.56. The molecule has 7 aromatic carbocycles. The molecule has 4 aromatic heterocycles. The molecule has 71 heavy (non-hydrogen) atoms. The van der Waals surface area contributed by atoms with E-state index in [0.717, 1.165) is 82.5 Å². The minimum atomic E-state index is -3.47. The van der Waals surface area contributed by atoms with Crippen LogP contribution in [0.2, 0.25) is 0 Å². The molecule has 0 N–H and O–H groups in total. The maximum Gasteiger partial charge on any atom is 0.137 e. The first-order valence-electron chi connectivity index (χ1n) is 28.7. The fraction of sp³-hybridized carbons (Fsp3) is 0.200. The number of ether oxygens (including phenoxy) is 1. The van der Waals surface area contributed by atoms with Crippen LogP contribution in [0.3, 0.4) is 0 Å². The molecule has 12 rings (SSSR count). The van der Waals surface area contributed by atoms with Crippen LogP contribution in [0.15, 0.2) is 182 Å². The van der Waals surface area contributed by atoms with E-state index in [1.807, 2.05) is 99.8 Å². The molecule has 0 spiro atoms. The van der Waals surface area contributed by atoms with Crippen molar-refractivity contribution in [2.75, 3.05) is 4.90 Å². The highest BCUT2D eigenvalue weighted by molar-refractivity contribution is 6.21. The van der Waals surface area contributed by atoms with Gasteiger partial charge in [0.05, 0.1) is 33.3 Å². The van der Waals surface area contributed by atoms with Crippen molar-refractivity contribution in [2.24, 2.45) is 0 Å². The van der Waals surface area contributed by atoms with E-state index in [0.29, 0.717) is 28.2 Å². The van der Waals surface area contributed by atoms with E-state index in [1.54, 1.807) is 6.20 Å². The number of para-hydroxylation sites is 3. The Morgan fingerprint density at radius 2 is 1.14 bits per heavy atom. The number of anilines is 2. The molecule has 0 aliphatic carbocycles. The molecule has 350 valence electrons. The Bertz CT molecular complexity index is 4350. The maximum atomic E-state index is 8.79. The molecule has 11 aromatic rings. The van der Waals surface area contributed by atoms with Crippen molar-refractivity contribution < 1.29 is 17.1 Å². The van der Waals surface area contributed by atoms with Gasteiger partial charge in [0, 0.05) is 75.0 Å². The van der Waals surface area contributed by atoms with E-state index in [-0.39, 0.29) is 17.6 Å². The second-order valence-corrected chi connectivity index (χ2v) is 20.9. The van der Waals surface area contributed by atoms with Crippen LogP contribution in [0, 0.1) is 0 Å². The number of fused-ring (bicyclic) bond motifs is 10. The fourth-order valence-corrected chi connectivity index (χ4v) is 10.5. The molecular weight excluding hydrogens is 867 g/mol. The van der Waals surface area contributed by atoms with Crippen LogP contribution >= 0.6 is 0 Å².